The number of hydrogen-bond acceptors (Lipinski definition) is 1. The highest BCUT2D eigenvalue weighted by Crippen LogP contribution is 2.41. The van der Waals surface area contributed by atoms with Crippen molar-refractivity contribution in [2.75, 3.05) is 0 Å². The molecule has 0 aromatic heterocycles. The fourth-order valence-electron chi connectivity index (χ4n) is 3.12. The topological polar surface area (TPSA) is 20.2 Å². The van der Waals surface area contributed by atoms with E-state index in [4.69, 9.17) is 0 Å². The predicted molar refractivity (Wildman–Crippen MR) is 72.0 cm³/mol. The Morgan fingerprint density at radius 2 is 2.06 bits per heavy atom. The molecule has 1 aromatic rings. The lowest BCUT2D eigenvalue weighted by atomic mass is 9.89. The van der Waals surface area contributed by atoms with Crippen LogP contribution in [0.15, 0.2) is 18.2 Å². The van der Waals surface area contributed by atoms with Crippen molar-refractivity contribution in [3.05, 3.63) is 34.9 Å². The van der Waals surface area contributed by atoms with Crippen molar-refractivity contribution in [1.82, 2.24) is 0 Å². The normalized spacial score (nSPS) is 26.1. The minimum atomic E-state index is -0.258. The summed E-state index contributed by atoms with van der Waals surface area (Å²) in [4.78, 5) is 0. The van der Waals surface area contributed by atoms with Crippen LogP contribution in [0.25, 0.3) is 0 Å². The predicted octanol–water partition coefficient (Wildman–Crippen LogP) is 4.16. The summed E-state index contributed by atoms with van der Waals surface area (Å²) in [6.07, 6.45) is 4.68. The standard InChI is InChI=1S/C16H24O/c1-4-13-8-9-14(10-13)16(17)15-7-5-6-11(2)12(15)3/h5-7,13-14,16-17H,4,8-10H2,1-3H3. The van der Waals surface area contributed by atoms with E-state index in [1.54, 1.807) is 0 Å². The van der Waals surface area contributed by atoms with Gasteiger partial charge in [0, 0.05) is 0 Å². The molecule has 94 valence electrons. The molecule has 17 heavy (non-hydrogen) atoms. The van der Waals surface area contributed by atoms with Crippen LogP contribution in [0.5, 0.6) is 0 Å². The Morgan fingerprint density at radius 1 is 1.29 bits per heavy atom. The van der Waals surface area contributed by atoms with Crippen LogP contribution >= 0.6 is 0 Å². The Bertz CT molecular complexity index is 383. The van der Waals surface area contributed by atoms with Gasteiger partial charge in [-0.15, -0.1) is 0 Å². The number of aliphatic hydroxyl groups excluding tert-OH is 1. The van der Waals surface area contributed by atoms with Gasteiger partial charge in [0.1, 0.15) is 0 Å². The number of hydrogen-bond donors (Lipinski definition) is 1. The van der Waals surface area contributed by atoms with Crippen molar-refractivity contribution in [3.63, 3.8) is 0 Å². The molecule has 1 heteroatoms. The van der Waals surface area contributed by atoms with E-state index in [2.05, 4.69) is 39.0 Å². The first-order valence-electron chi connectivity index (χ1n) is 6.87. The zero-order valence-electron chi connectivity index (χ0n) is 11.2. The van der Waals surface area contributed by atoms with Crippen LogP contribution in [0.1, 0.15) is 55.4 Å². The molecule has 2 rings (SSSR count). The Balaban J connectivity index is 2.15. The van der Waals surface area contributed by atoms with Crippen LogP contribution < -0.4 is 0 Å². The summed E-state index contributed by atoms with van der Waals surface area (Å²) in [5, 5.41) is 10.5. The smallest absolute Gasteiger partial charge is 0.0820 e. The number of benzene rings is 1. The molecule has 1 N–H and O–H groups in total. The Morgan fingerprint density at radius 3 is 2.71 bits per heavy atom. The minimum absolute atomic E-state index is 0.258. The summed E-state index contributed by atoms with van der Waals surface area (Å²) >= 11 is 0. The van der Waals surface area contributed by atoms with Crippen LogP contribution in [0, 0.1) is 25.7 Å². The minimum Gasteiger partial charge on any atom is -0.388 e. The van der Waals surface area contributed by atoms with Crippen LogP contribution in [0.3, 0.4) is 0 Å². The van der Waals surface area contributed by atoms with Crippen molar-refractivity contribution < 1.29 is 5.11 Å². The van der Waals surface area contributed by atoms with E-state index in [9.17, 15) is 5.11 Å². The molecule has 1 saturated carbocycles. The zero-order chi connectivity index (χ0) is 12.4. The first-order valence-corrected chi connectivity index (χ1v) is 6.87. The van der Waals surface area contributed by atoms with Gasteiger partial charge in [-0.3, -0.25) is 0 Å². The molecule has 0 radical (unpaired) electrons. The number of aryl methyl sites for hydroxylation is 1. The van der Waals surface area contributed by atoms with E-state index in [0.717, 1.165) is 11.5 Å². The fourth-order valence-corrected chi connectivity index (χ4v) is 3.12. The van der Waals surface area contributed by atoms with Crippen molar-refractivity contribution in [2.45, 2.75) is 52.6 Å². The molecular weight excluding hydrogens is 208 g/mol. The van der Waals surface area contributed by atoms with Gasteiger partial charge in [-0.05, 0) is 55.2 Å². The summed E-state index contributed by atoms with van der Waals surface area (Å²) in [7, 11) is 0. The first-order chi connectivity index (χ1) is 8.13. The molecule has 0 amide bonds. The molecule has 0 bridgehead atoms. The summed E-state index contributed by atoms with van der Waals surface area (Å²) in [6, 6.07) is 6.27. The third-order valence-corrected chi connectivity index (χ3v) is 4.57. The average Bonchev–Trinajstić information content (AvgIpc) is 2.80. The Kier molecular flexibility index (Phi) is 3.88. The molecule has 1 aliphatic carbocycles. The molecule has 1 nitrogen and oxygen atoms in total. The van der Waals surface area contributed by atoms with Gasteiger partial charge in [0.2, 0.25) is 0 Å². The van der Waals surface area contributed by atoms with Gasteiger partial charge in [0.05, 0.1) is 6.10 Å². The third kappa shape index (κ3) is 2.55. The third-order valence-electron chi connectivity index (χ3n) is 4.57. The van der Waals surface area contributed by atoms with E-state index in [1.807, 2.05) is 0 Å². The van der Waals surface area contributed by atoms with E-state index >= 15 is 0 Å². The van der Waals surface area contributed by atoms with Gasteiger partial charge < -0.3 is 5.11 Å². The van der Waals surface area contributed by atoms with Crippen LogP contribution in [0.2, 0.25) is 0 Å². The molecular formula is C16H24O. The number of aliphatic hydroxyl groups is 1. The quantitative estimate of drug-likeness (QED) is 0.829. The van der Waals surface area contributed by atoms with Crippen molar-refractivity contribution >= 4 is 0 Å². The van der Waals surface area contributed by atoms with E-state index in [0.29, 0.717) is 5.92 Å². The first kappa shape index (κ1) is 12.6. The van der Waals surface area contributed by atoms with E-state index in [-0.39, 0.29) is 6.10 Å². The van der Waals surface area contributed by atoms with Gasteiger partial charge in [-0.2, -0.15) is 0 Å². The lowest BCUT2D eigenvalue weighted by Crippen LogP contribution is -2.11. The number of rotatable bonds is 3. The largest absolute Gasteiger partial charge is 0.388 e. The molecule has 0 heterocycles. The maximum absolute atomic E-state index is 10.5. The van der Waals surface area contributed by atoms with Gasteiger partial charge >= 0.3 is 0 Å². The van der Waals surface area contributed by atoms with Crippen molar-refractivity contribution in [3.8, 4) is 0 Å². The lowest BCUT2D eigenvalue weighted by Gasteiger charge is -2.21. The molecule has 1 aromatic carbocycles. The molecule has 0 aliphatic heterocycles. The molecule has 3 atom stereocenters. The Hall–Kier alpha value is -0.820. The highest BCUT2D eigenvalue weighted by Gasteiger charge is 2.30. The SMILES string of the molecule is CCC1CCC(C(O)c2cccc(C)c2C)C1. The summed E-state index contributed by atoms with van der Waals surface area (Å²) < 4.78 is 0. The average molecular weight is 232 g/mol. The highest BCUT2D eigenvalue weighted by atomic mass is 16.3. The van der Waals surface area contributed by atoms with E-state index in [1.165, 1.54) is 36.8 Å². The van der Waals surface area contributed by atoms with Crippen LogP contribution in [-0.4, -0.2) is 5.11 Å². The molecule has 3 unspecified atom stereocenters. The summed E-state index contributed by atoms with van der Waals surface area (Å²) in [5.41, 5.74) is 3.69. The second-order valence-corrected chi connectivity index (χ2v) is 5.58. The monoisotopic (exact) mass is 232 g/mol. The van der Waals surface area contributed by atoms with Gasteiger partial charge in [-0.25, -0.2) is 0 Å². The van der Waals surface area contributed by atoms with Gasteiger partial charge in [0.25, 0.3) is 0 Å². The fraction of sp³-hybridized carbons (Fsp3) is 0.625. The molecule has 0 spiro atoms. The van der Waals surface area contributed by atoms with Gasteiger partial charge in [0.15, 0.2) is 0 Å². The van der Waals surface area contributed by atoms with Crippen molar-refractivity contribution in [2.24, 2.45) is 11.8 Å². The summed E-state index contributed by atoms with van der Waals surface area (Å²) in [6.45, 7) is 6.51. The van der Waals surface area contributed by atoms with Crippen LogP contribution in [0.4, 0.5) is 0 Å². The molecule has 1 fully saturated rings. The van der Waals surface area contributed by atoms with Crippen LogP contribution in [-0.2, 0) is 0 Å². The molecule has 0 saturated heterocycles. The van der Waals surface area contributed by atoms with E-state index < -0.39 is 0 Å². The maximum atomic E-state index is 10.5. The zero-order valence-corrected chi connectivity index (χ0v) is 11.2. The van der Waals surface area contributed by atoms with Crippen molar-refractivity contribution in [1.29, 1.82) is 0 Å². The Labute approximate surface area is 105 Å². The highest BCUT2D eigenvalue weighted by molar-refractivity contribution is 5.35. The summed E-state index contributed by atoms with van der Waals surface area (Å²) in [5.74, 6) is 1.31. The maximum Gasteiger partial charge on any atom is 0.0820 e. The molecule has 1 aliphatic rings. The van der Waals surface area contributed by atoms with Gasteiger partial charge in [-0.1, -0.05) is 38.0 Å². The lowest BCUT2D eigenvalue weighted by molar-refractivity contribution is 0.108. The second-order valence-electron chi connectivity index (χ2n) is 5.58. The second kappa shape index (κ2) is 5.22.